The van der Waals surface area contributed by atoms with Crippen molar-refractivity contribution in [2.45, 2.75) is 61.0 Å². The van der Waals surface area contributed by atoms with Crippen molar-refractivity contribution in [3.8, 4) is 0 Å². The van der Waals surface area contributed by atoms with Gasteiger partial charge in [-0.05, 0) is 43.7 Å². The summed E-state index contributed by atoms with van der Waals surface area (Å²) in [6.07, 6.45) is 9.09. The first-order valence-corrected chi connectivity index (χ1v) is 10.2. The Morgan fingerprint density at radius 1 is 1.12 bits per heavy atom. The standard InChI is InChI=1S/C20H29NO2S/c22-19(15-17-7-3-1-4-8-17)21-16-20(11-13-23-14-12-20)24-18-9-5-2-6-10-18/h2,5-6,9-10,17H,1,3-4,7-8,11-16H2,(H,21,22). The van der Waals surface area contributed by atoms with Crippen LogP contribution in [-0.4, -0.2) is 30.4 Å². The van der Waals surface area contributed by atoms with Crippen LogP contribution in [0.1, 0.15) is 51.4 Å². The Balaban J connectivity index is 1.54. The number of nitrogens with one attached hydrogen (secondary N) is 1. The lowest BCUT2D eigenvalue weighted by Crippen LogP contribution is -2.44. The molecular formula is C20H29NO2S. The molecule has 1 amide bonds. The minimum absolute atomic E-state index is 0.0713. The van der Waals surface area contributed by atoms with Gasteiger partial charge >= 0.3 is 0 Å². The Kier molecular flexibility index (Phi) is 6.61. The molecule has 132 valence electrons. The molecule has 1 N–H and O–H groups in total. The van der Waals surface area contributed by atoms with Crippen LogP contribution >= 0.6 is 11.8 Å². The molecule has 0 unspecified atom stereocenters. The zero-order chi connectivity index (χ0) is 16.7. The monoisotopic (exact) mass is 347 g/mol. The maximum atomic E-state index is 12.4. The molecule has 1 aromatic rings. The highest BCUT2D eigenvalue weighted by Crippen LogP contribution is 2.40. The maximum Gasteiger partial charge on any atom is 0.220 e. The van der Waals surface area contributed by atoms with Gasteiger partial charge in [-0.25, -0.2) is 0 Å². The lowest BCUT2D eigenvalue weighted by atomic mass is 9.87. The summed E-state index contributed by atoms with van der Waals surface area (Å²) in [6, 6.07) is 10.5. The molecule has 1 aliphatic carbocycles. The van der Waals surface area contributed by atoms with E-state index in [0.717, 1.165) is 32.6 Å². The molecule has 1 heterocycles. The molecule has 3 nitrogen and oxygen atoms in total. The Morgan fingerprint density at radius 2 is 1.83 bits per heavy atom. The van der Waals surface area contributed by atoms with E-state index in [1.807, 2.05) is 17.8 Å². The normalized spacial score (nSPS) is 21.3. The summed E-state index contributed by atoms with van der Waals surface area (Å²) >= 11 is 1.91. The fourth-order valence-corrected chi connectivity index (χ4v) is 5.09. The van der Waals surface area contributed by atoms with Crippen LogP contribution in [0.25, 0.3) is 0 Å². The summed E-state index contributed by atoms with van der Waals surface area (Å²) < 4.78 is 5.64. The minimum atomic E-state index is 0.0713. The van der Waals surface area contributed by atoms with Crippen LogP contribution in [0.3, 0.4) is 0 Å². The molecule has 0 bridgehead atoms. The summed E-state index contributed by atoms with van der Waals surface area (Å²) in [5.74, 6) is 0.840. The van der Waals surface area contributed by atoms with Gasteiger partial charge in [0.2, 0.25) is 5.91 Å². The minimum Gasteiger partial charge on any atom is -0.381 e. The molecule has 1 aromatic carbocycles. The SMILES string of the molecule is O=C(CC1CCCCC1)NCC1(Sc2ccccc2)CCOCC1. The Bertz CT molecular complexity index is 508. The van der Waals surface area contributed by atoms with Crippen LogP contribution < -0.4 is 5.32 Å². The fourth-order valence-electron chi connectivity index (χ4n) is 3.78. The van der Waals surface area contributed by atoms with Gasteiger partial charge in [-0.3, -0.25) is 4.79 Å². The quantitative estimate of drug-likeness (QED) is 0.828. The van der Waals surface area contributed by atoms with Gasteiger partial charge in [-0.1, -0.05) is 37.5 Å². The second-order valence-corrected chi connectivity index (χ2v) is 8.74. The second-order valence-electron chi connectivity index (χ2n) is 7.20. The van der Waals surface area contributed by atoms with Crippen LogP contribution in [0.2, 0.25) is 0 Å². The third-order valence-electron chi connectivity index (χ3n) is 5.29. The number of amides is 1. The van der Waals surface area contributed by atoms with Gasteiger partial charge in [0.25, 0.3) is 0 Å². The van der Waals surface area contributed by atoms with E-state index < -0.39 is 0 Å². The number of benzene rings is 1. The van der Waals surface area contributed by atoms with Gasteiger partial charge in [-0.15, -0.1) is 11.8 Å². The predicted molar refractivity (Wildman–Crippen MR) is 99.3 cm³/mol. The van der Waals surface area contributed by atoms with Gasteiger partial charge in [0.1, 0.15) is 0 Å². The van der Waals surface area contributed by atoms with Gasteiger partial charge in [0.15, 0.2) is 0 Å². The smallest absolute Gasteiger partial charge is 0.220 e. The van der Waals surface area contributed by atoms with E-state index >= 15 is 0 Å². The lowest BCUT2D eigenvalue weighted by Gasteiger charge is -2.37. The highest BCUT2D eigenvalue weighted by atomic mass is 32.2. The number of carbonyl (C=O) groups excluding carboxylic acids is 1. The van der Waals surface area contributed by atoms with Crippen LogP contribution in [-0.2, 0) is 9.53 Å². The van der Waals surface area contributed by atoms with Crippen LogP contribution in [0.5, 0.6) is 0 Å². The van der Waals surface area contributed by atoms with Gasteiger partial charge in [0, 0.05) is 35.8 Å². The number of thioether (sulfide) groups is 1. The van der Waals surface area contributed by atoms with E-state index in [1.54, 1.807) is 0 Å². The number of carbonyl (C=O) groups is 1. The summed E-state index contributed by atoms with van der Waals surface area (Å²) in [5.41, 5.74) is 0. The van der Waals surface area contributed by atoms with Crippen molar-refractivity contribution in [3.63, 3.8) is 0 Å². The Labute approximate surface area is 149 Å². The summed E-state index contributed by atoms with van der Waals surface area (Å²) in [5, 5.41) is 3.25. The zero-order valence-electron chi connectivity index (χ0n) is 14.5. The predicted octanol–water partition coefficient (Wildman–Crippen LogP) is 4.41. The van der Waals surface area contributed by atoms with Crippen molar-refractivity contribution in [2.24, 2.45) is 5.92 Å². The zero-order valence-corrected chi connectivity index (χ0v) is 15.3. The molecule has 24 heavy (non-hydrogen) atoms. The van der Waals surface area contributed by atoms with Crippen molar-refractivity contribution in [1.82, 2.24) is 5.32 Å². The topological polar surface area (TPSA) is 38.3 Å². The van der Waals surface area contributed by atoms with Crippen molar-refractivity contribution < 1.29 is 9.53 Å². The second kappa shape index (κ2) is 8.91. The molecule has 1 aliphatic heterocycles. The van der Waals surface area contributed by atoms with Crippen molar-refractivity contribution in [3.05, 3.63) is 30.3 Å². The van der Waals surface area contributed by atoms with Crippen LogP contribution in [0, 0.1) is 5.92 Å². The van der Waals surface area contributed by atoms with E-state index in [0.29, 0.717) is 12.3 Å². The molecule has 4 heteroatoms. The van der Waals surface area contributed by atoms with E-state index in [1.165, 1.54) is 37.0 Å². The molecule has 1 saturated carbocycles. The van der Waals surface area contributed by atoms with E-state index in [4.69, 9.17) is 4.74 Å². The van der Waals surface area contributed by atoms with Crippen molar-refractivity contribution in [1.29, 1.82) is 0 Å². The van der Waals surface area contributed by atoms with E-state index in [9.17, 15) is 4.79 Å². The molecule has 2 fully saturated rings. The van der Waals surface area contributed by atoms with E-state index in [2.05, 4.69) is 29.6 Å². The van der Waals surface area contributed by atoms with Gasteiger partial charge in [0.05, 0.1) is 0 Å². The highest BCUT2D eigenvalue weighted by molar-refractivity contribution is 8.00. The average Bonchev–Trinajstić information content (AvgIpc) is 2.63. The molecule has 0 atom stereocenters. The average molecular weight is 348 g/mol. The summed E-state index contributed by atoms with van der Waals surface area (Å²) in [6.45, 7) is 2.33. The first-order valence-electron chi connectivity index (χ1n) is 9.34. The Hall–Kier alpha value is -1.00. The van der Waals surface area contributed by atoms with Crippen molar-refractivity contribution >= 4 is 17.7 Å². The number of ether oxygens (including phenoxy) is 1. The highest BCUT2D eigenvalue weighted by Gasteiger charge is 2.34. The third kappa shape index (κ3) is 5.25. The molecule has 0 radical (unpaired) electrons. The largest absolute Gasteiger partial charge is 0.381 e. The molecule has 0 spiro atoms. The fraction of sp³-hybridized carbons (Fsp3) is 0.650. The molecule has 1 saturated heterocycles. The Morgan fingerprint density at radius 3 is 2.54 bits per heavy atom. The molecule has 2 aliphatic rings. The van der Waals surface area contributed by atoms with Gasteiger partial charge in [-0.2, -0.15) is 0 Å². The van der Waals surface area contributed by atoms with E-state index in [-0.39, 0.29) is 10.7 Å². The number of hydrogen-bond donors (Lipinski definition) is 1. The molecule has 3 rings (SSSR count). The first kappa shape index (κ1) is 17.8. The maximum absolute atomic E-state index is 12.4. The van der Waals surface area contributed by atoms with Crippen LogP contribution in [0.15, 0.2) is 35.2 Å². The van der Waals surface area contributed by atoms with Crippen molar-refractivity contribution in [2.75, 3.05) is 19.8 Å². The lowest BCUT2D eigenvalue weighted by molar-refractivity contribution is -0.122. The molecular weight excluding hydrogens is 318 g/mol. The first-order chi connectivity index (χ1) is 11.8. The third-order valence-corrected chi connectivity index (χ3v) is 6.78. The van der Waals surface area contributed by atoms with Crippen LogP contribution in [0.4, 0.5) is 0 Å². The number of rotatable bonds is 6. The van der Waals surface area contributed by atoms with Gasteiger partial charge < -0.3 is 10.1 Å². The summed E-state index contributed by atoms with van der Waals surface area (Å²) in [7, 11) is 0. The summed E-state index contributed by atoms with van der Waals surface area (Å²) in [4.78, 5) is 13.7. The molecule has 0 aromatic heterocycles. The number of hydrogen-bond acceptors (Lipinski definition) is 3.